The summed E-state index contributed by atoms with van der Waals surface area (Å²) >= 11 is 0. The molecule has 0 aliphatic rings. The summed E-state index contributed by atoms with van der Waals surface area (Å²) in [5, 5.41) is 0. The molecular formula is C9H22N5OP. The van der Waals surface area contributed by atoms with Crippen LogP contribution < -0.4 is 5.57 Å². The maximum atomic E-state index is 11.4. The molecule has 6 nitrogen and oxygen atoms in total. The average molecular weight is 247 g/mol. The number of aromatic amines is 1. The molecule has 0 aliphatic carbocycles. The van der Waals surface area contributed by atoms with Crippen LogP contribution in [0.2, 0.25) is 0 Å². The van der Waals surface area contributed by atoms with Crippen LogP contribution in [0.3, 0.4) is 0 Å². The molecule has 1 heterocycles. The molecule has 7 heteroatoms. The van der Waals surface area contributed by atoms with Gasteiger partial charge >= 0.3 is 96.4 Å². The van der Waals surface area contributed by atoms with Crippen LogP contribution in [0.1, 0.15) is 0 Å². The van der Waals surface area contributed by atoms with Gasteiger partial charge in [-0.3, -0.25) is 0 Å². The van der Waals surface area contributed by atoms with E-state index in [1.54, 1.807) is 12.4 Å². The third-order valence-electron chi connectivity index (χ3n) is 3.07. The Hall–Kier alpha value is -0.520. The van der Waals surface area contributed by atoms with Crippen molar-refractivity contribution in [3.63, 3.8) is 0 Å². The number of rotatable bonds is 4. The van der Waals surface area contributed by atoms with Gasteiger partial charge in [-0.1, -0.05) is 0 Å². The van der Waals surface area contributed by atoms with Gasteiger partial charge < -0.3 is 0 Å². The molecule has 0 saturated heterocycles. The van der Waals surface area contributed by atoms with Crippen molar-refractivity contribution in [3.8, 4) is 0 Å². The van der Waals surface area contributed by atoms with Crippen LogP contribution in [-0.4, -0.2) is 71.2 Å². The summed E-state index contributed by atoms with van der Waals surface area (Å²) in [7, 11) is 7.66. The molecule has 2 N–H and O–H groups in total. The Kier molecular flexibility index (Phi) is 3.43. The third kappa shape index (κ3) is 1.42. The van der Waals surface area contributed by atoms with E-state index in [0.29, 0.717) is 5.57 Å². The molecule has 0 amide bonds. The van der Waals surface area contributed by atoms with Gasteiger partial charge in [-0.15, -0.1) is 0 Å². The van der Waals surface area contributed by atoms with E-state index < -0.39 is 7.28 Å². The van der Waals surface area contributed by atoms with Crippen LogP contribution in [0.25, 0.3) is 0 Å². The molecule has 0 aliphatic heterocycles. The zero-order valence-corrected chi connectivity index (χ0v) is 11.7. The monoisotopic (exact) mass is 247 g/mol. The Bertz CT molecular complexity index is 324. The van der Waals surface area contributed by atoms with Gasteiger partial charge in [0.25, 0.3) is 0 Å². The van der Waals surface area contributed by atoms with Crippen molar-refractivity contribution in [3.05, 3.63) is 12.4 Å². The summed E-state index contributed by atoms with van der Waals surface area (Å²) in [6.07, 6.45) is 3.38. The van der Waals surface area contributed by atoms with Crippen molar-refractivity contribution in [1.82, 2.24) is 24.0 Å². The molecular weight excluding hydrogens is 225 g/mol. The third-order valence-corrected chi connectivity index (χ3v) is 8.49. The SMILES string of the molecule is CN(C)P(O)(c1ncc[nH]1)(N(C)C)N(C)C. The molecule has 0 bridgehead atoms. The standard InChI is InChI=1S/C9H22N5OP/c1-12(2)16(15,13(3)4,14(5)6)9-10-7-8-11-9/h7-8,15H,1-6H3,(H,10,11). The fourth-order valence-electron chi connectivity index (χ4n) is 2.12. The summed E-state index contributed by atoms with van der Waals surface area (Å²) in [6.45, 7) is 0. The summed E-state index contributed by atoms with van der Waals surface area (Å²) in [4.78, 5) is 18.7. The van der Waals surface area contributed by atoms with E-state index in [0.717, 1.165) is 0 Å². The molecule has 0 saturated carbocycles. The van der Waals surface area contributed by atoms with E-state index >= 15 is 0 Å². The fourth-order valence-corrected chi connectivity index (χ4v) is 5.98. The molecule has 94 valence electrons. The Morgan fingerprint density at radius 1 is 1.06 bits per heavy atom. The summed E-state index contributed by atoms with van der Waals surface area (Å²) in [5.41, 5.74) is 0.589. The van der Waals surface area contributed by atoms with Gasteiger partial charge in [0.15, 0.2) is 0 Å². The first-order chi connectivity index (χ1) is 7.26. The van der Waals surface area contributed by atoms with E-state index in [4.69, 9.17) is 0 Å². The number of nitrogens with one attached hydrogen (secondary N) is 1. The van der Waals surface area contributed by atoms with Crippen molar-refractivity contribution in [2.24, 2.45) is 0 Å². The Balaban J connectivity index is 3.54. The van der Waals surface area contributed by atoms with Gasteiger partial charge in [0, 0.05) is 0 Å². The Labute approximate surface area is 97.0 Å². The zero-order valence-electron chi connectivity index (χ0n) is 10.8. The number of aromatic nitrogens is 2. The second-order valence-corrected chi connectivity index (χ2v) is 9.09. The first kappa shape index (κ1) is 13.5. The minimum absolute atomic E-state index is 0.589. The molecule has 0 spiro atoms. The van der Waals surface area contributed by atoms with Crippen LogP contribution in [0, 0.1) is 0 Å². The van der Waals surface area contributed by atoms with E-state index in [2.05, 4.69) is 9.97 Å². The van der Waals surface area contributed by atoms with Gasteiger partial charge in [-0.2, -0.15) is 0 Å². The van der Waals surface area contributed by atoms with E-state index in [9.17, 15) is 4.89 Å². The Morgan fingerprint density at radius 3 is 1.75 bits per heavy atom. The van der Waals surface area contributed by atoms with Crippen LogP contribution in [0.4, 0.5) is 0 Å². The molecule has 0 radical (unpaired) electrons. The number of imidazole rings is 1. The van der Waals surface area contributed by atoms with Crippen molar-refractivity contribution < 1.29 is 4.89 Å². The molecule has 0 atom stereocenters. The average Bonchev–Trinajstić information content (AvgIpc) is 2.68. The van der Waals surface area contributed by atoms with Gasteiger partial charge in [0.05, 0.1) is 0 Å². The number of hydrogen-bond donors (Lipinski definition) is 2. The zero-order chi connectivity index (χ0) is 12.6. The molecule has 16 heavy (non-hydrogen) atoms. The van der Waals surface area contributed by atoms with Crippen molar-refractivity contribution in [2.75, 3.05) is 42.3 Å². The molecule has 1 rings (SSSR count). The quantitative estimate of drug-likeness (QED) is 0.729. The van der Waals surface area contributed by atoms with Crippen molar-refractivity contribution in [2.45, 2.75) is 0 Å². The van der Waals surface area contributed by atoms with Gasteiger partial charge in [0.2, 0.25) is 0 Å². The van der Waals surface area contributed by atoms with Crippen molar-refractivity contribution >= 4 is 12.8 Å². The van der Waals surface area contributed by atoms with E-state index in [1.807, 2.05) is 56.3 Å². The molecule has 1 aromatic heterocycles. The number of nitrogens with zero attached hydrogens (tertiary/aromatic N) is 4. The van der Waals surface area contributed by atoms with Gasteiger partial charge in [-0.25, -0.2) is 0 Å². The first-order valence-electron chi connectivity index (χ1n) is 5.06. The second kappa shape index (κ2) is 4.05. The summed E-state index contributed by atoms with van der Waals surface area (Å²) in [6, 6.07) is 0. The van der Waals surface area contributed by atoms with Crippen LogP contribution in [0.15, 0.2) is 12.4 Å². The summed E-state index contributed by atoms with van der Waals surface area (Å²) < 4.78 is 5.51. The molecule has 0 unspecified atom stereocenters. The molecule has 1 aromatic rings. The second-order valence-electron chi connectivity index (χ2n) is 4.39. The topological polar surface area (TPSA) is 58.6 Å². The minimum atomic E-state index is -3.51. The van der Waals surface area contributed by atoms with Crippen LogP contribution >= 0.6 is 7.28 Å². The molecule has 0 aromatic carbocycles. The number of hydrogen-bond acceptors (Lipinski definition) is 5. The van der Waals surface area contributed by atoms with E-state index in [1.165, 1.54) is 0 Å². The fraction of sp³-hybridized carbons (Fsp3) is 0.667. The van der Waals surface area contributed by atoms with Gasteiger partial charge in [-0.05, 0) is 0 Å². The Morgan fingerprint density at radius 2 is 1.50 bits per heavy atom. The normalized spacial score (nSPS) is 15.8. The van der Waals surface area contributed by atoms with Crippen LogP contribution in [0.5, 0.6) is 0 Å². The maximum absolute atomic E-state index is 11.4. The molecule has 0 fully saturated rings. The van der Waals surface area contributed by atoms with E-state index in [-0.39, 0.29) is 0 Å². The van der Waals surface area contributed by atoms with Crippen LogP contribution in [-0.2, 0) is 0 Å². The van der Waals surface area contributed by atoms with Crippen molar-refractivity contribution in [1.29, 1.82) is 0 Å². The number of H-pyrrole nitrogens is 1. The first-order valence-corrected chi connectivity index (χ1v) is 7.11. The predicted molar refractivity (Wildman–Crippen MR) is 68.4 cm³/mol. The summed E-state index contributed by atoms with van der Waals surface area (Å²) in [5.74, 6) is 0. The van der Waals surface area contributed by atoms with Gasteiger partial charge in [0.1, 0.15) is 0 Å². The predicted octanol–water partition coefficient (Wildman–Crippen LogP) is -0.0746.